The van der Waals surface area contributed by atoms with Gasteiger partial charge in [-0.2, -0.15) is 4.98 Å². The first-order valence-corrected chi connectivity index (χ1v) is 12.0. The molecule has 2 saturated heterocycles. The molecule has 1 atom stereocenters. The number of nitrogens with zero attached hydrogens (tertiary/aromatic N) is 7. The Morgan fingerprint density at radius 3 is 2.62 bits per heavy atom. The highest BCUT2D eigenvalue weighted by Gasteiger charge is 2.24. The number of aromatic nitrogens is 5. The van der Waals surface area contributed by atoms with Crippen molar-refractivity contribution in [2.24, 2.45) is 0 Å². The SMILES string of the molecule is CN(C)C1CCN(c2ccc(Nc3ncc4c5ccncc5n([C@@H]5CCOC5)c4n3)nc2)CC1. The van der Waals surface area contributed by atoms with E-state index in [1.54, 1.807) is 0 Å². The van der Waals surface area contributed by atoms with Crippen LogP contribution in [0.1, 0.15) is 25.3 Å². The first kappa shape index (κ1) is 21.2. The lowest BCUT2D eigenvalue weighted by atomic mass is 10.0. The van der Waals surface area contributed by atoms with Gasteiger partial charge in [-0.15, -0.1) is 0 Å². The summed E-state index contributed by atoms with van der Waals surface area (Å²) in [7, 11) is 4.33. The van der Waals surface area contributed by atoms with Gasteiger partial charge >= 0.3 is 0 Å². The Bertz CT molecular complexity index is 1290. The lowest BCUT2D eigenvalue weighted by molar-refractivity contribution is 0.187. The van der Waals surface area contributed by atoms with Crippen molar-refractivity contribution in [1.29, 1.82) is 0 Å². The van der Waals surface area contributed by atoms with E-state index in [0.29, 0.717) is 18.6 Å². The summed E-state index contributed by atoms with van der Waals surface area (Å²) in [5.41, 5.74) is 3.13. The molecule has 6 heterocycles. The molecule has 1 N–H and O–H groups in total. The third kappa shape index (κ3) is 3.84. The largest absolute Gasteiger partial charge is 0.379 e. The second kappa shape index (κ2) is 8.81. The third-order valence-electron chi connectivity index (χ3n) is 7.17. The van der Waals surface area contributed by atoms with E-state index >= 15 is 0 Å². The molecule has 2 aliphatic rings. The summed E-state index contributed by atoms with van der Waals surface area (Å²) >= 11 is 0. The molecule has 0 unspecified atom stereocenters. The minimum Gasteiger partial charge on any atom is -0.379 e. The van der Waals surface area contributed by atoms with Gasteiger partial charge in [0.25, 0.3) is 0 Å². The number of fused-ring (bicyclic) bond motifs is 3. The molecule has 0 amide bonds. The molecule has 6 rings (SSSR count). The highest BCUT2D eigenvalue weighted by atomic mass is 16.5. The molecule has 0 aliphatic carbocycles. The zero-order chi connectivity index (χ0) is 23.1. The van der Waals surface area contributed by atoms with Crippen molar-refractivity contribution in [3.8, 4) is 0 Å². The lowest BCUT2D eigenvalue weighted by Gasteiger charge is -2.36. The smallest absolute Gasteiger partial charge is 0.230 e. The van der Waals surface area contributed by atoms with E-state index in [9.17, 15) is 0 Å². The summed E-state index contributed by atoms with van der Waals surface area (Å²) in [6, 6.07) is 7.08. The quantitative estimate of drug-likeness (QED) is 0.486. The molecular weight excluding hydrogens is 428 g/mol. The van der Waals surface area contributed by atoms with Crippen LogP contribution in [0.15, 0.2) is 43.0 Å². The van der Waals surface area contributed by atoms with Gasteiger partial charge in [0.1, 0.15) is 11.5 Å². The molecule has 0 bridgehead atoms. The molecule has 4 aromatic heterocycles. The Morgan fingerprint density at radius 2 is 1.88 bits per heavy atom. The van der Waals surface area contributed by atoms with Gasteiger partial charge in [-0.3, -0.25) is 4.98 Å². The molecule has 2 aliphatic heterocycles. The Kier molecular flexibility index (Phi) is 5.50. The summed E-state index contributed by atoms with van der Waals surface area (Å²) in [6.45, 7) is 3.57. The molecular formula is C25H30N8O. The maximum absolute atomic E-state index is 5.67. The van der Waals surface area contributed by atoms with E-state index in [0.717, 1.165) is 59.6 Å². The summed E-state index contributed by atoms with van der Waals surface area (Å²) in [6.07, 6.45) is 10.9. The van der Waals surface area contributed by atoms with Crippen LogP contribution in [0.4, 0.5) is 17.5 Å². The minimum atomic E-state index is 0.251. The Hall–Kier alpha value is -3.30. The third-order valence-corrected chi connectivity index (χ3v) is 7.17. The second-order valence-electron chi connectivity index (χ2n) is 9.42. The molecule has 34 heavy (non-hydrogen) atoms. The minimum absolute atomic E-state index is 0.251. The first-order valence-electron chi connectivity index (χ1n) is 12.0. The van der Waals surface area contributed by atoms with Crippen molar-refractivity contribution in [1.82, 2.24) is 29.4 Å². The number of hydrogen-bond donors (Lipinski definition) is 1. The highest BCUT2D eigenvalue weighted by molar-refractivity contribution is 6.06. The maximum atomic E-state index is 5.67. The van der Waals surface area contributed by atoms with Crippen molar-refractivity contribution in [3.63, 3.8) is 0 Å². The van der Waals surface area contributed by atoms with E-state index < -0.39 is 0 Å². The van der Waals surface area contributed by atoms with Crippen molar-refractivity contribution in [3.05, 3.63) is 43.0 Å². The van der Waals surface area contributed by atoms with Gasteiger partial charge in [0.15, 0.2) is 0 Å². The van der Waals surface area contributed by atoms with Crippen LogP contribution < -0.4 is 10.2 Å². The molecule has 0 radical (unpaired) electrons. The summed E-state index contributed by atoms with van der Waals surface area (Å²) in [5.74, 6) is 1.27. The average molecular weight is 459 g/mol. The van der Waals surface area contributed by atoms with Crippen LogP contribution in [0.3, 0.4) is 0 Å². The molecule has 9 heteroatoms. The van der Waals surface area contributed by atoms with Crippen LogP contribution >= 0.6 is 0 Å². The van der Waals surface area contributed by atoms with Gasteiger partial charge in [-0.25, -0.2) is 9.97 Å². The van der Waals surface area contributed by atoms with Crippen LogP contribution in [0.2, 0.25) is 0 Å². The number of pyridine rings is 2. The van der Waals surface area contributed by atoms with Gasteiger partial charge < -0.3 is 24.4 Å². The number of rotatable bonds is 5. The van der Waals surface area contributed by atoms with E-state index in [-0.39, 0.29) is 6.04 Å². The average Bonchev–Trinajstić information content (AvgIpc) is 3.50. The molecule has 176 valence electrons. The predicted molar refractivity (Wildman–Crippen MR) is 134 cm³/mol. The standard InChI is InChI=1S/C25H30N8O/c1-31(2)17-6-10-32(11-7-17)18-3-4-23(27-13-18)29-25-28-14-21-20-5-9-26-15-22(20)33(24(21)30-25)19-8-12-34-16-19/h3-5,9,13-15,17,19H,6-8,10-12,16H2,1-2H3,(H,27,28,29,30)/t19-/m1/s1. The monoisotopic (exact) mass is 458 g/mol. The van der Waals surface area contributed by atoms with E-state index in [1.807, 2.05) is 36.9 Å². The fourth-order valence-corrected chi connectivity index (χ4v) is 5.22. The summed E-state index contributed by atoms with van der Waals surface area (Å²) in [4.78, 5) is 23.2. The Morgan fingerprint density at radius 1 is 1.00 bits per heavy atom. The van der Waals surface area contributed by atoms with Crippen molar-refractivity contribution >= 4 is 39.4 Å². The Balaban J connectivity index is 1.25. The van der Waals surface area contributed by atoms with Gasteiger partial charge in [-0.05, 0) is 51.6 Å². The number of hydrogen-bond acceptors (Lipinski definition) is 8. The summed E-state index contributed by atoms with van der Waals surface area (Å²) < 4.78 is 7.92. The normalized spacial score (nSPS) is 19.5. The van der Waals surface area contributed by atoms with Crippen molar-refractivity contribution in [2.75, 3.05) is 50.6 Å². The topological polar surface area (TPSA) is 84.2 Å². The van der Waals surface area contributed by atoms with E-state index in [2.05, 4.69) is 54.8 Å². The number of nitrogens with one attached hydrogen (secondary N) is 1. The molecule has 0 aromatic carbocycles. The molecule has 4 aromatic rings. The highest BCUT2D eigenvalue weighted by Crippen LogP contribution is 2.33. The molecule has 0 spiro atoms. The Labute approximate surface area is 198 Å². The van der Waals surface area contributed by atoms with Gasteiger partial charge in [0, 0.05) is 48.9 Å². The van der Waals surface area contributed by atoms with Crippen molar-refractivity contribution in [2.45, 2.75) is 31.3 Å². The number of ether oxygens (including phenoxy) is 1. The van der Waals surface area contributed by atoms with Gasteiger partial charge in [0.05, 0.1) is 36.2 Å². The molecule has 0 saturated carbocycles. The van der Waals surface area contributed by atoms with Crippen LogP contribution in [-0.4, -0.2) is 75.8 Å². The molecule has 9 nitrogen and oxygen atoms in total. The predicted octanol–water partition coefficient (Wildman–Crippen LogP) is 3.61. The zero-order valence-electron chi connectivity index (χ0n) is 19.7. The zero-order valence-corrected chi connectivity index (χ0v) is 19.7. The maximum Gasteiger partial charge on any atom is 0.230 e. The first-order chi connectivity index (χ1) is 16.7. The fraction of sp³-hybridized carbons (Fsp3) is 0.440. The van der Waals surface area contributed by atoms with Crippen LogP contribution in [-0.2, 0) is 4.74 Å². The summed E-state index contributed by atoms with van der Waals surface area (Å²) in [5, 5.41) is 5.43. The second-order valence-corrected chi connectivity index (χ2v) is 9.42. The van der Waals surface area contributed by atoms with Crippen molar-refractivity contribution < 1.29 is 4.74 Å². The van der Waals surface area contributed by atoms with Crippen LogP contribution in [0.25, 0.3) is 21.9 Å². The fourth-order valence-electron chi connectivity index (χ4n) is 5.22. The van der Waals surface area contributed by atoms with Crippen LogP contribution in [0.5, 0.6) is 0 Å². The van der Waals surface area contributed by atoms with E-state index in [1.165, 1.54) is 12.8 Å². The molecule has 2 fully saturated rings. The lowest BCUT2D eigenvalue weighted by Crippen LogP contribution is -2.42. The number of anilines is 3. The van der Waals surface area contributed by atoms with E-state index in [4.69, 9.17) is 9.72 Å². The number of piperidine rings is 1. The van der Waals surface area contributed by atoms with Gasteiger partial charge in [0.2, 0.25) is 5.95 Å². The van der Waals surface area contributed by atoms with Gasteiger partial charge in [-0.1, -0.05) is 0 Å². The van der Waals surface area contributed by atoms with Crippen LogP contribution in [0, 0.1) is 0 Å².